The van der Waals surface area contributed by atoms with Gasteiger partial charge in [-0.15, -0.1) is 0 Å². The minimum atomic E-state index is -0.514. The highest BCUT2D eigenvalue weighted by molar-refractivity contribution is 5.47. The van der Waals surface area contributed by atoms with Gasteiger partial charge in [0.25, 0.3) is 0 Å². The standard InChI is InChI=1S/C21H32N10O2/c32-31(33)18-15-25-20(26-16-18)24-8-7-22-5-6-23-14-17-13-19(29-9-1-2-10-29)28-21(27-17)30-11-3-4-12-30/h13,15-16,22-23H,1-12,14H2,(H,24,25,26). The topological polar surface area (TPSA) is 137 Å². The van der Waals surface area contributed by atoms with Crippen LogP contribution in [0, 0.1) is 10.1 Å². The van der Waals surface area contributed by atoms with E-state index in [1.165, 1.54) is 38.1 Å². The summed E-state index contributed by atoms with van der Waals surface area (Å²) in [5.74, 6) is 2.30. The molecule has 0 amide bonds. The Morgan fingerprint density at radius 3 is 2.21 bits per heavy atom. The Kier molecular flexibility index (Phi) is 8.14. The number of anilines is 3. The molecule has 0 radical (unpaired) electrons. The van der Waals surface area contributed by atoms with Gasteiger partial charge in [-0.05, 0) is 25.7 Å². The Hall–Kier alpha value is -3.12. The summed E-state index contributed by atoms with van der Waals surface area (Å²) < 4.78 is 0. The van der Waals surface area contributed by atoms with E-state index < -0.39 is 4.92 Å². The third kappa shape index (κ3) is 6.68. The van der Waals surface area contributed by atoms with E-state index >= 15 is 0 Å². The van der Waals surface area contributed by atoms with Crippen LogP contribution in [0.1, 0.15) is 31.4 Å². The molecule has 2 fully saturated rings. The van der Waals surface area contributed by atoms with Crippen molar-refractivity contribution in [1.82, 2.24) is 30.6 Å². The molecule has 0 saturated carbocycles. The smallest absolute Gasteiger partial charge is 0.305 e. The van der Waals surface area contributed by atoms with Crippen molar-refractivity contribution in [3.63, 3.8) is 0 Å². The maximum absolute atomic E-state index is 10.6. The van der Waals surface area contributed by atoms with Crippen molar-refractivity contribution in [1.29, 1.82) is 0 Å². The lowest BCUT2D eigenvalue weighted by molar-refractivity contribution is -0.385. The van der Waals surface area contributed by atoms with E-state index in [2.05, 4.69) is 41.8 Å². The first-order chi connectivity index (χ1) is 16.2. The number of nitrogens with one attached hydrogen (secondary N) is 3. The first kappa shape index (κ1) is 23.1. The van der Waals surface area contributed by atoms with Crippen molar-refractivity contribution in [3.8, 4) is 0 Å². The second-order valence-electron chi connectivity index (χ2n) is 8.28. The Labute approximate surface area is 193 Å². The molecule has 12 nitrogen and oxygen atoms in total. The molecular weight excluding hydrogens is 424 g/mol. The highest BCUT2D eigenvalue weighted by Gasteiger charge is 2.20. The quantitative estimate of drug-likeness (QED) is 0.241. The molecule has 2 aliphatic heterocycles. The third-order valence-corrected chi connectivity index (χ3v) is 5.79. The monoisotopic (exact) mass is 456 g/mol. The predicted molar refractivity (Wildman–Crippen MR) is 127 cm³/mol. The lowest BCUT2D eigenvalue weighted by atomic mass is 10.3. The number of aromatic nitrogens is 4. The molecule has 33 heavy (non-hydrogen) atoms. The van der Waals surface area contributed by atoms with Crippen LogP contribution in [0.4, 0.5) is 23.4 Å². The molecule has 0 bridgehead atoms. The Morgan fingerprint density at radius 2 is 1.52 bits per heavy atom. The van der Waals surface area contributed by atoms with Crippen LogP contribution >= 0.6 is 0 Å². The molecule has 178 valence electrons. The van der Waals surface area contributed by atoms with Gasteiger partial charge < -0.3 is 25.8 Å². The maximum atomic E-state index is 10.6. The minimum absolute atomic E-state index is 0.117. The molecule has 4 heterocycles. The summed E-state index contributed by atoms with van der Waals surface area (Å²) in [6.45, 7) is 7.93. The summed E-state index contributed by atoms with van der Waals surface area (Å²) >= 11 is 0. The zero-order chi connectivity index (χ0) is 22.9. The van der Waals surface area contributed by atoms with Gasteiger partial charge in [0.15, 0.2) is 0 Å². The van der Waals surface area contributed by atoms with Crippen LogP contribution in [0.2, 0.25) is 0 Å². The maximum Gasteiger partial charge on any atom is 0.305 e. The molecule has 2 saturated heterocycles. The second kappa shape index (κ2) is 11.7. The molecule has 0 aromatic carbocycles. The number of nitrogens with zero attached hydrogens (tertiary/aromatic N) is 7. The van der Waals surface area contributed by atoms with Crippen LogP contribution in [-0.2, 0) is 6.54 Å². The normalized spacial score (nSPS) is 15.9. The van der Waals surface area contributed by atoms with Crippen molar-refractivity contribution in [3.05, 3.63) is 34.3 Å². The Balaban J connectivity index is 1.17. The number of hydrogen-bond donors (Lipinski definition) is 3. The van der Waals surface area contributed by atoms with Gasteiger partial charge in [0.2, 0.25) is 11.9 Å². The van der Waals surface area contributed by atoms with E-state index in [1.807, 2.05) is 0 Å². The zero-order valence-electron chi connectivity index (χ0n) is 18.9. The average molecular weight is 457 g/mol. The summed E-state index contributed by atoms with van der Waals surface area (Å²) in [6.07, 6.45) is 7.28. The van der Waals surface area contributed by atoms with Crippen molar-refractivity contribution in [2.45, 2.75) is 32.2 Å². The SMILES string of the molecule is O=[N+]([O-])c1cnc(NCCNCCNCc2cc(N3CCCC3)nc(N3CCCC3)n2)nc1. The van der Waals surface area contributed by atoms with Gasteiger partial charge in [0.05, 0.1) is 10.6 Å². The average Bonchev–Trinajstić information content (AvgIpc) is 3.56. The molecule has 0 spiro atoms. The summed E-state index contributed by atoms with van der Waals surface area (Å²) in [5.41, 5.74) is 0.916. The molecule has 12 heteroatoms. The number of nitro groups is 1. The van der Waals surface area contributed by atoms with Gasteiger partial charge in [-0.3, -0.25) is 10.1 Å². The van der Waals surface area contributed by atoms with E-state index in [-0.39, 0.29) is 5.69 Å². The van der Waals surface area contributed by atoms with Gasteiger partial charge in [0.1, 0.15) is 18.2 Å². The highest BCUT2D eigenvalue weighted by atomic mass is 16.6. The van der Waals surface area contributed by atoms with Crippen LogP contribution in [-0.4, -0.2) is 77.2 Å². The molecule has 0 atom stereocenters. The van der Waals surface area contributed by atoms with Crippen molar-refractivity contribution < 1.29 is 4.92 Å². The fourth-order valence-corrected chi connectivity index (χ4v) is 4.01. The predicted octanol–water partition coefficient (Wildman–Crippen LogP) is 1.17. The molecule has 3 N–H and O–H groups in total. The second-order valence-corrected chi connectivity index (χ2v) is 8.28. The van der Waals surface area contributed by atoms with Gasteiger partial charge in [0, 0.05) is 65.0 Å². The fraction of sp³-hybridized carbons (Fsp3) is 0.619. The highest BCUT2D eigenvalue weighted by Crippen LogP contribution is 2.23. The van der Waals surface area contributed by atoms with Gasteiger partial charge in [-0.25, -0.2) is 15.0 Å². The van der Waals surface area contributed by atoms with Crippen molar-refractivity contribution >= 4 is 23.4 Å². The Morgan fingerprint density at radius 1 is 0.879 bits per heavy atom. The minimum Gasteiger partial charge on any atom is -0.356 e. The van der Waals surface area contributed by atoms with E-state index in [9.17, 15) is 10.1 Å². The molecule has 2 aromatic rings. The fourth-order valence-electron chi connectivity index (χ4n) is 4.01. The van der Waals surface area contributed by atoms with Crippen LogP contribution in [0.25, 0.3) is 0 Å². The van der Waals surface area contributed by atoms with E-state index in [4.69, 9.17) is 9.97 Å². The Bertz CT molecular complexity index is 864. The van der Waals surface area contributed by atoms with Crippen molar-refractivity contribution in [2.24, 2.45) is 0 Å². The number of rotatable bonds is 12. The van der Waals surface area contributed by atoms with Gasteiger partial charge in [-0.1, -0.05) is 0 Å². The summed E-state index contributed by atoms with van der Waals surface area (Å²) in [7, 11) is 0. The molecule has 2 aliphatic rings. The van der Waals surface area contributed by atoms with Gasteiger partial charge in [-0.2, -0.15) is 4.98 Å². The lowest BCUT2D eigenvalue weighted by Crippen LogP contribution is -2.31. The largest absolute Gasteiger partial charge is 0.356 e. The zero-order valence-corrected chi connectivity index (χ0v) is 18.9. The molecular formula is C21H32N10O2. The van der Waals surface area contributed by atoms with Crippen LogP contribution in [0.5, 0.6) is 0 Å². The third-order valence-electron chi connectivity index (χ3n) is 5.79. The van der Waals surface area contributed by atoms with E-state index in [1.54, 1.807) is 0 Å². The molecule has 4 rings (SSSR count). The van der Waals surface area contributed by atoms with E-state index in [0.29, 0.717) is 19.0 Å². The van der Waals surface area contributed by atoms with Crippen molar-refractivity contribution in [2.75, 3.05) is 67.5 Å². The summed E-state index contributed by atoms with van der Waals surface area (Å²) in [4.78, 5) is 32.3. The first-order valence-corrected chi connectivity index (χ1v) is 11.7. The van der Waals surface area contributed by atoms with Crippen LogP contribution < -0.4 is 25.8 Å². The molecule has 2 aromatic heterocycles. The lowest BCUT2D eigenvalue weighted by Gasteiger charge is -2.21. The van der Waals surface area contributed by atoms with E-state index in [0.717, 1.165) is 63.3 Å². The van der Waals surface area contributed by atoms with Crippen LogP contribution in [0.15, 0.2) is 18.5 Å². The first-order valence-electron chi connectivity index (χ1n) is 11.7. The van der Waals surface area contributed by atoms with Crippen LogP contribution in [0.3, 0.4) is 0 Å². The summed E-state index contributed by atoms with van der Waals surface area (Å²) in [6, 6.07) is 2.12. The molecule has 0 aliphatic carbocycles. The summed E-state index contributed by atoms with van der Waals surface area (Å²) in [5, 5.41) is 20.5. The number of hydrogen-bond acceptors (Lipinski definition) is 11. The molecule has 0 unspecified atom stereocenters. The van der Waals surface area contributed by atoms with Gasteiger partial charge >= 0.3 is 5.69 Å².